The van der Waals surface area contributed by atoms with E-state index in [0.29, 0.717) is 12.1 Å². The van der Waals surface area contributed by atoms with Gasteiger partial charge < -0.3 is 10.1 Å². The summed E-state index contributed by atoms with van der Waals surface area (Å²) < 4.78 is 5.94. The summed E-state index contributed by atoms with van der Waals surface area (Å²) in [4.78, 5) is 1.44. The molecule has 90 valence electrons. The molecular formula is C13H21NOS. The highest BCUT2D eigenvalue weighted by Crippen LogP contribution is 2.41. The number of aryl methyl sites for hydroxylation is 1. The maximum Gasteiger partial charge on any atom is 0.0805 e. The van der Waals surface area contributed by atoms with Gasteiger partial charge in [-0.1, -0.05) is 0 Å². The van der Waals surface area contributed by atoms with Gasteiger partial charge in [0, 0.05) is 11.5 Å². The molecular weight excluding hydrogens is 218 g/mol. The number of thiophene rings is 1. The van der Waals surface area contributed by atoms with Crippen molar-refractivity contribution in [2.75, 3.05) is 13.7 Å². The Labute approximate surface area is 102 Å². The molecule has 1 aliphatic rings. The van der Waals surface area contributed by atoms with E-state index >= 15 is 0 Å². The van der Waals surface area contributed by atoms with Gasteiger partial charge in [-0.2, -0.15) is 0 Å². The van der Waals surface area contributed by atoms with E-state index in [1.54, 1.807) is 0 Å². The molecule has 0 aromatic carbocycles. The van der Waals surface area contributed by atoms with Gasteiger partial charge in [0.1, 0.15) is 0 Å². The van der Waals surface area contributed by atoms with Crippen LogP contribution in [0.5, 0.6) is 0 Å². The molecule has 0 saturated heterocycles. The molecule has 0 amide bonds. The van der Waals surface area contributed by atoms with Gasteiger partial charge in [0.05, 0.1) is 12.1 Å². The van der Waals surface area contributed by atoms with Gasteiger partial charge >= 0.3 is 0 Å². The van der Waals surface area contributed by atoms with E-state index in [1.807, 2.05) is 18.4 Å². The lowest BCUT2D eigenvalue weighted by atomic mass is 10.0. The number of rotatable bonds is 6. The summed E-state index contributed by atoms with van der Waals surface area (Å²) in [5.41, 5.74) is 1.38. The second-order valence-corrected chi connectivity index (χ2v) is 5.44. The highest BCUT2D eigenvalue weighted by atomic mass is 32.1. The SMILES string of the molecule is CCOC(C1CC1)C(NC)c1sccc1C. The molecule has 2 atom stereocenters. The molecule has 1 N–H and O–H groups in total. The molecule has 3 heteroatoms. The molecule has 1 aromatic rings. The van der Waals surface area contributed by atoms with Crippen molar-refractivity contribution in [3.05, 3.63) is 21.9 Å². The fraction of sp³-hybridized carbons (Fsp3) is 0.692. The summed E-state index contributed by atoms with van der Waals surface area (Å²) in [6.45, 7) is 5.08. The average Bonchev–Trinajstić information content (AvgIpc) is 3.03. The minimum Gasteiger partial charge on any atom is -0.376 e. The van der Waals surface area contributed by atoms with Gasteiger partial charge in [-0.15, -0.1) is 11.3 Å². The lowest BCUT2D eigenvalue weighted by Crippen LogP contribution is -2.33. The Morgan fingerprint density at radius 3 is 2.75 bits per heavy atom. The monoisotopic (exact) mass is 239 g/mol. The lowest BCUT2D eigenvalue weighted by Gasteiger charge is -2.26. The molecule has 1 fully saturated rings. The van der Waals surface area contributed by atoms with Crippen LogP contribution in [0, 0.1) is 12.8 Å². The van der Waals surface area contributed by atoms with Crippen molar-refractivity contribution in [2.45, 2.75) is 38.8 Å². The van der Waals surface area contributed by atoms with Crippen molar-refractivity contribution in [3.63, 3.8) is 0 Å². The largest absolute Gasteiger partial charge is 0.376 e. The third-order valence-corrected chi connectivity index (χ3v) is 4.37. The molecule has 1 aromatic heterocycles. The number of ether oxygens (including phenoxy) is 1. The fourth-order valence-corrected chi connectivity index (χ4v) is 3.34. The summed E-state index contributed by atoms with van der Waals surface area (Å²) in [7, 11) is 2.04. The van der Waals surface area contributed by atoms with Crippen LogP contribution in [-0.2, 0) is 4.74 Å². The number of nitrogens with one attached hydrogen (secondary N) is 1. The molecule has 16 heavy (non-hydrogen) atoms. The van der Waals surface area contributed by atoms with Crippen molar-refractivity contribution < 1.29 is 4.74 Å². The number of hydrogen-bond acceptors (Lipinski definition) is 3. The predicted octanol–water partition coefficient (Wildman–Crippen LogP) is 3.13. The van der Waals surface area contributed by atoms with E-state index in [0.717, 1.165) is 12.5 Å². The van der Waals surface area contributed by atoms with E-state index < -0.39 is 0 Å². The number of likely N-dealkylation sites (N-methyl/N-ethyl adjacent to an activating group) is 1. The van der Waals surface area contributed by atoms with Crippen LogP contribution in [0.1, 0.15) is 36.2 Å². The molecule has 1 aliphatic carbocycles. The zero-order valence-corrected chi connectivity index (χ0v) is 11.1. The topological polar surface area (TPSA) is 21.3 Å². The average molecular weight is 239 g/mol. The Hall–Kier alpha value is -0.380. The molecule has 2 rings (SSSR count). The molecule has 0 radical (unpaired) electrons. The Bertz CT molecular complexity index is 332. The fourth-order valence-electron chi connectivity index (χ4n) is 2.27. The first-order chi connectivity index (χ1) is 7.77. The first-order valence-corrected chi connectivity index (χ1v) is 6.98. The third-order valence-electron chi connectivity index (χ3n) is 3.27. The van der Waals surface area contributed by atoms with Crippen LogP contribution in [-0.4, -0.2) is 19.8 Å². The van der Waals surface area contributed by atoms with Gasteiger partial charge in [-0.05, 0) is 56.7 Å². The second kappa shape index (κ2) is 5.30. The highest BCUT2D eigenvalue weighted by molar-refractivity contribution is 7.10. The van der Waals surface area contributed by atoms with Crippen LogP contribution < -0.4 is 5.32 Å². The summed E-state index contributed by atoms with van der Waals surface area (Å²) in [5, 5.41) is 5.61. The van der Waals surface area contributed by atoms with E-state index in [4.69, 9.17) is 4.74 Å². The summed E-state index contributed by atoms with van der Waals surface area (Å²) in [5.74, 6) is 0.763. The first kappa shape index (κ1) is 12.1. The Morgan fingerprint density at radius 2 is 2.31 bits per heavy atom. The standard InChI is InChI=1S/C13H21NOS/c1-4-15-12(10-5-6-10)11(14-3)13-9(2)7-8-16-13/h7-8,10-12,14H,4-6H2,1-3H3. The Kier molecular flexibility index (Phi) is 4.00. The lowest BCUT2D eigenvalue weighted by molar-refractivity contribution is 0.0212. The zero-order chi connectivity index (χ0) is 11.5. The maximum absolute atomic E-state index is 5.94. The van der Waals surface area contributed by atoms with Gasteiger partial charge in [0.15, 0.2) is 0 Å². The van der Waals surface area contributed by atoms with Gasteiger partial charge in [0.2, 0.25) is 0 Å². The zero-order valence-electron chi connectivity index (χ0n) is 10.3. The first-order valence-electron chi connectivity index (χ1n) is 6.10. The molecule has 0 aliphatic heterocycles. The van der Waals surface area contributed by atoms with Gasteiger partial charge in [0.25, 0.3) is 0 Å². The predicted molar refractivity (Wildman–Crippen MR) is 69.0 cm³/mol. The molecule has 2 nitrogen and oxygen atoms in total. The quantitative estimate of drug-likeness (QED) is 0.823. The maximum atomic E-state index is 5.94. The van der Waals surface area contributed by atoms with Crippen molar-refractivity contribution >= 4 is 11.3 Å². The van der Waals surface area contributed by atoms with Crippen molar-refractivity contribution in [1.29, 1.82) is 0 Å². The Morgan fingerprint density at radius 1 is 1.56 bits per heavy atom. The van der Waals surface area contributed by atoms with Crippen LogP contribution in [0.25, 0.3) is 0 Å². The molecule has 0 spiro atoms. The normalized spacial score (nSPS) is 19.7. The van der Waals surface area contributed by atoms with Crippen molar-refractivity contribution in [2.24, 2.45) is 5.92 Å². The summed E-state index contributed by atoms with van der Waals surface area (Å²) in [6.07, 6.45) is 3.01. The summed E-state index contributed by atoms with van der Waals surface area (Å²) >= 11 is 1.84. The van der Waals surface area contributed by atoms with E-state index in [9.17, 15) is 0 Å². The molecule has 0 bridgehead atoms. The molecule has 1 saturated carbocycles. The van der Waals surface area contributed by atoms with Gasteiger partial charge in [-0.25, -0.2) is 0 Å². The minimum atomic E-state index is 0.354. The van der Waals surface area contributed by atoms with E-state index in [1.165, 1.54) is 23.3 Å². The van der Waals surface area contributed by atoms with Crippen LogP contribution in [0.4, 0.5) is 0 Å². The number of hydrogen-bond donors (Lipinski definition) is 1. The van der Waals surface area contributed by atoms with Crippen LogP contribution in [0.15, 0.2) is 11.4 Å². The third kappa shape index (κ3) is 2.47. The van der Waals surface area contributed by atoms with Crippen LogP contribution in [0.2, 0.25) is 0 Å². The van der Waals surface area contributed by atoms with Crippen LogP contribution >= 0.6 is 11.3 Å². The highest BCUT2D eigenvalue weighted by Gasteiger charge is 2.38. The van der Waals surface area contributed by atoms with E-state index in [-0.39, 0.29) is 0 Å². The van der Waals surface area contributed by atoms with Crippen LogP contribution in [0.3, 0.4) is 0 Å². The Balaban J connectivity index is 2.16. The second-order valence-electron chi connectivity index (χ2n) is 4.49. The van der Waals surface area contributed by atoms with Gasteiger partial charge in [-0.3, -0.25) is 0 Å². The van der Waals surface area contributed by atoms with Crippen molar-refractivity contribution in [1.82, 2.24) is 5.32 Å². The molecule has 1 heterocycles. The molecule has 2 unspecified atom stereocenters. The summed E-state index contributed by atoms with van der Waals surface area (Å²) in [6, 6.07) is 2.56. The van der Waals surface area contributed by atoms with Crippen molar-refractivity contribution in [3.8, 4) is 0 Å². The van der Waals surface area contributed by atoms with E-state index in [2.05, 4.69) is 30.6 Å². The minimum absolute atomic E-state index is 0.354. The smallest absolute Gasteiger partial charge is 0.0805 e.